The number of methoxy groups -OCH3 is 1. The second-order valence-corrected chi connectivity index (χ2v) is 7.01. The molecule has 35 heavy (non-hydrogen) atoms. The third-order valence-electron chi connectivity index (χ3n) is 4.77. The number of carbonyl (C=O) groups is 1. The lowest BCUT2D eigenvalue weighted by Crippen LogP contribution is -2.10. The standard InChI is InChI=1S/C23H14N2O10/c1-32-16-2-4-17(5-3-16)34-21-12-33-20-11-18(6-7-19(20)22(21)26)35-23(27)13-8-14(24(28)29)10-15(9-13)25(30)31/h2-12H,1H3. The molecule has 0 N–H and O–H groups in total. The summed E-state index contributed by atoms with van der Waals surface area (Å²) in [5.41, 5.74) is -2.07. The van der Waals surface area contributed by atoms with E-state index in [9.17, 15) is 29.8 Å². The van der Waals surface area contributed by atoms with E-state index in [0.717, 1.165) is 24.5 Å². The van der Waals surface area contributed by atoms with Gasteiger partial charge in [0, 0.05) is 18.2 Å². The van der Waals surface area contributed by atoms with E-state index in [4.69, 9.17) is 18.6 Å². The number of rotatable bonds is 7. The predicted octanol–water partition coefficient (Wildman–Crippen LogP) is 4.63. The van der Waals surface area contributed by atoms with E-state index < -0.39 is 38.2 Å². The van der Waals surface area contributed by atoms with E-state index in [-0.39, 0.29) is 22.5 Å². The van der Waals surface area contributed by atoms with E-state index >= 15 is 0 Å². The molecule has 0 aliphatic carbocycles. The highest BCUT2D eigenvalue weighted by atomic mass is 16.6. The summed E-state index contributed by atoms with van der Waals surface area (Å²) in [5, 5.41) is 22.2. The number of nitro benzene ring substituents is 2. The van der Waals surface area contributed by atoms with Gasteiger partial charge < -0.3 is 18.6 Å². The highest BCUT2D eigenvalue weighted by Gasteiger charge is 2.21. The summed E-state index contributed by atoms with van der Waals surface area (Å²) in [7, 11) is 1.52. The van der Waals surface area contributed by atoms with Gasteiger partial charge in [-0.3, -0.25) is 25.0 Å². The maximum absolute atomic E-state index is 12.8. The van der Waals surface area contributed by atoms with Crippen LogP contribution in [0.25, 0.3) is 11.0 Å². The van der Waals surface area contributed by atoms with Crippen molar-refractivity contribution < 1.29 is 33.3 Å². The van der Waals surface area contributed by atoms with Gasteiger partial charge in [-0.25, -0.2) is 4.79 Å². The van der Waals surface area contributed by atoms with E-state index in [1.807, 2.05) is 0 Å². The molecule has 0 aliphatic rings. The number of carbonyl (C=O) groups excluding carboxylic acids is 1. The van der Waals surface area contributed by atoms with Crippen molar-refractivity contribution in [3.63, 3.8) is 0 Å². The number of benzene rings is 3. The second-order valence-electron chi connectivity index (χ2n) is 7.01. The average Bonchev–Trinajstić information content (AvgIpc) is 2.85. The highest BCUT2D eigenvalue weighted by molar-refractivity contribution is 5.93. The molecule has 0 amide bonds. The van der Waals surface area contributed by atoms with Crippen LogP contribution in [-0.4, -0.2) is 22.9 Å². The SMILES string of the molecule is COc1ccc(Oc2coc3cc(OC(=O)c4cc([N+](=O)[O-])cc([N+](=O)[O-])c4)ccc3c2=O)cc1. The van der Waals surface area contributed by atoms with Crippen molar-refractivity contribution in [2.75, 3.05) is 7.11 Å². The lowest BCUT2D eigenvalue weighted by atomic mass is 10.1. The maximum Gasteiger partial charge on any atom is 0.344 e. The normalized spacial score (nSPS) is 10.5. The topological polar surface area (TPSA) is 161 Å². The first-order chi connectivity index (χ1) is 16.7. The van der Waals surface area contributed by atoms with Gasteiger partial charge in [0.15, 0.2) is 0 Å². The minimum Gasteiger partial charge on any atom is -0.497 e. The molecule has 0 saturated carbocycles. The van der Waals surface area contributed by atoms with E-state index in [2.05, 4.69) is 0 Å². The molecule has 1 heterocycles. The van der Waals surface area contributed by atoms with Crippen LogP contribution in [0.3, 0.4) is 0 Å². The summed E-state index contributed by atoms with van der Waals surface area (Å²) in [6.45, 7) is 0. The Morgan fingerprint density at radius 2 is 1.46 bits per heavy atom. The number of esters is 1. The molecule has 0 bridgehead atoms. The molecule has 4 rings (SSSR count). The number of nitro groups is 2. The second kappa shape index (κ2) is 9.31. The minimum absolute atomic E-state index is 0.0522. The van der Waals surface area contributed by atoms with Crippen LogP contribution in [0.15, 0.2) is 76.1 Å². The molecule has 4 aromatic rings. The Kier molecular flexibility index (Phi) is 6.10. The van der Waals surface area contributed by atoms with Gasteiger partial charge in [0.05, 0.1) is 34.0 Å². The fourth-order valence-electron chi connectivity index (χ4n) is 3.09. The van der Waals surface area contributed by atoms with Crippen molar-refractivity contribution in [3.05, 3.63) is 103 Å². The van der Waals surface area contributed by atoms with Crippen LogP contribution in [0.5, 0.6) is 23.0 Å². The van der Waals surface area contributed by atoms with Gasteiger partial charge in [0.2, 0.25) is 11.2 Å². The molecular weight excluding hydrogens is 464 g/mol. The van der Waals surface area contributed by atoms with Gasteiger partial charge in [-0.05, 0) is 36.4 Å². The summed E-state index contributed by atoms with van der Waals surface area (Å²) in [4.78, 5) is 45.6. The van der Waals surface area contributed by atoms with Gasteiger partial charge in [-0.1, -0.05) is 0 Å². The third-order valence-corrected chi connectivity index (χ3v) is 4.77. The molecule has 0 radical (unpaired) electrons. The number of non-ortho nitro benzene ring substituents is 2. The van der Waals surface area contributed by atoms with Crippen LogP contribution < -0.4 is 19.6 Å². The molecule has 0 fully saturated rings. The predicted molar refractivity (Wildman–Crippen MR) is 120 cm³/mol. The third kappa shape index (κ3) is 4.90. The first kappa shape index (κ1) is 22.9. The van der Waals surface area contributed by atoms with E-state index in [0.29, 0.717) is 11.5 Å². The number of nitrogens with zero attached hydrogens (tertiary/aromatic N) is 2. The molecule has 0 atom stereocenters. The van der Waals surface area contributed by atoms with E-state index in [1.54, 1.807) is 24.3 Å². The smallest absolute Gasteiger partial charge is 0.344 e. The molecule has 0 spiro atoms. The first-order valence-electron chi connectivity index (χ1n) is 9.78. The largest absolute Gasteiger partial charge is 0.497 e. The fraction of sp³-hybridized carbons (Fsp3) is 0.0435. The van der Waals surface area contributed by atoms with Crippen LogP contribution in [0.4, 0.5) is 11.4 Å². The number of hydrogen-bond acceptors (Lipinski definition) is 10. The van der Waals surface area contributed by atoms with Crippen molar-refractivity contribution in [1.29, 1.82) is 0 Å². The van der Waals surface area contributed by atoms with Crippen LogP contribution in [0, 0.1) is 20.2 Å². The quantitative estimate of drug-likeness (QED) is 0.158. The first-order valence-corrected chi connectivity index (χ1v) is 9.78. The fourth-order valence-corrected chi connectivity index (χ4v) is 3.09. The average molecular weight is 478 g/mol. The van der Waals surface area contributed by atoms with Crippen molar-refractivity contribution in [2.24, 2.45) is 0 Å². The van der Waals surface area contributed by atoms with Crippen molar-refractivity contribution in [3.8, 4) is 23.0 Å². The zero-order valence-electron chi connectivity index (χ0n) is 17.8. The zero-order chi connectivity index (χ0) is 25.1. The Balaban J connectivity index is 1.59. The molecule has 3 aromatic carbocycles. The maximum atomic E-state index is 12.8. The van der Waals surface area contributed by atoms with Gasteiger partial charge in [-0.2, -0.15) is 0 Å². The van der Waals surface area contributed by atoms with Crippen molar-refractivity contribution in [2.45, 2.75) is 0 Å². The highest BCUT2D eigenvalue weighted by Crippen LogP contribution is 2.27. The van der Waals surface area contributed by atoms with Crippen molar-refractivity contribution >= 4 is 28.3 Å². The number of ether oxygens (including phenoxy) is 3. The lowest BCUT2D eigenvalue weighted by molar-refractivity contribution is -0.394. The molecule has 0 saturated heterocycles. The lowest BCUT2D eigenvalue weighted by Gasteiger charge is -2.08. The molecule has 0 aliphatic heterocycles. The van der Waals surface area contributed by atoms with Crippen LogP contribution in [-0.2, 0) is 0 Å². The van der Waals surface area contributed by atoms with Gasteiger partial charge in [0.25, 0.3) is 11.4 Å². The Morgan fingerprint density at radius 3 is 2.06 bits per heavy atom. The summed E-state index contributed by atoms with van der Waals surface area (Å²) in [6, 6.07) is 12.9. The summed E-state index contributed by atoms with van der Waals surface area (Å²) in [5.74, 6) is -0.198. The molecule has 12 nitrogen and oxygen atoms in total. The summed E-state index contributed by atoms with van der Waals surface area (Å²) < 4.78 is 21.3. The van der Waals surface area contributed by atoms with E-state index in [1.165, 1.54) is 25.3 Å². The Labute approximate surface area is 195 Å². The Hall–Kier alpha value is -5.26. The number of hydrogen-bond donors (Lipinski definition) is 0. The molecule has 176 valence electrons. The molecule has 12 heteroatoms. The van der Waals surface area contributed by atoms with Gasteiger partial charge in [0.1, 0.15) is 29.1 Å². The van der Waals surface area contributed by atoms with Crippen molar-refractivity contribution in [1.82, 2.24) is 0 Å². The minimum atomic E-state index is -1.07. The molecular formula is C23H14N2O10. The Morgan fingerprint density at radius 1 is 0.857 bits per heavy atom. The zero-order valence-corrected chi connectivity index (χ0v) is 17.8. The Bertz CT molecular complexity index is 1490. The monoisotopic (exact) mass is 478 g/mol. The number of fused-ring (bicyclic) bond motifs is 1. The van der Waals surface area contributed by atoms with Gasteiger partial charge in [-0.15, -0.1) is 0 Å². The van der Waals surface area contributed by atoms with Crippen LogP contribution >= 0.6 is 0 Å². The van der Waals surface area contributed by atoms with Gasteiger partial charge >= 0.3 is 5.97 Å². The van der Waals surface area contributed by atoms with Crippen LogP contribution in [0.1, 0.15) is 10.4 Å². The van der Waals surface area contributed by atoms with Crippen LogP contribution in [0.2, 0.25) is 0 Å². The summed E-state index contributed by atoms with van der Waals surface area (Å²) >= 11 is 0. The summed E-state index contributed by atoms with van der Waals surface area (Å²) in [6.07, 6.45) is 1.10. The molecule has 1 aromatic heterocycles. The molecule has 0 unspecified atom stereocenters.